The number of hydrogen-bond donors (Lipinski definition) is 1. The highest BCUT2D eigenvalue weighted by atomic mass is 79.9. The van der Waals surface area contributed by atoms with Crippen molar-refractivity contribution in [1.29, 1.82) is 0 Å². The first kappa shape index (κ1) is 19.0. The maximum atomic E-state index is 13.6. The van der Waals surface area contributed by atoms with Crippen molar-refractivity contribution in [2.75, 3.05) is 11.9 Å². The second kappa shape index (κ2) is 7.88. The lowest BCUT2D eigenvalue weighted by atomic mass is 10.0. The molecule has 0 spiro atoms. The molecule has 2 aromatic carbocycles. The summed E-state index contributed by atoms with van der Waals surface area (Å²) in [6, 6.07) is 10.9. The predicted octanol–water partition coefficient (Wildman–Crippen LogP) is 5.88. The zero-order valence-electron chi connectivity index (χ0n) is 14.3. The number of rotatable bonds is 5. The number of allylic oxidation sites excluding steroid dienone is 2. The van der Waals surface area contributed by atoms with Crippen LogP contribution in [-0.2, 0) is 11.2 Å². The van der Waals surface area contributed by atoms with Crippen molar-refractivity contribution in [3.05, 3.63) is 82.9 Å². The number of anilines is 1. The Hall–Kier alpha value is -2.73. The van der Waals surface area contributed by atoms with Crippen LogP contribution in [0.2, 0.25) is 0 Å². The summed E-state index contributed by atoms with van der Waals surface area (Å²) >= 11 is 3.57. The molecule has 1 heterocycles. The van der Waals surface area contributed by atoms with Gasteiger partial charge in [0.1, 0.15) is 23.0 Å². The van der Waals surface area contributed by atoms with Crippen molar-refractivity contribution < 1.29 is 18.3 Å². The van der Waals surface area contributed by atoms with Crippen LogP contribution in [0.5, 0.6) is 5.75 Å². The highest BCUT2D eigenvalue weighted by molar-refractivity contribution is 9.10. The molecular weight excluding hydrogens is 416 g/mol. The maximum absolute atomic E-state index is 13.6. The standard InChI is InChI=1S/C21H16BrF2NO2/c1-3-18(24)20(12(2)23)21(26)25-15-6-4-13(5-7-15)16-11-19-14(8-9-27-19)10-17(16)22/h3-7,10-11H,1-2,8-9H2,(H,25,26)/b20-18-. The molecule has 0 aliphatic carbocycles. The Kier molecular flexibility index (Phi) is 5.56. The molecule has 0 saturated heterocycles. The fraction of sp³-hybridized carbons (Fsp3) is 0.0952. The monoisotopic (exact) mass is 431 g/mol. The van der Waals surface area contributed by atoms with Gasteiger partial charge in [0.15, 0.2) is 0 Å². The van der Waals surface area contributed by atoms with E-state index in [0.717, 1.165) is 39.4 Å². The molecule has 0 saturated carbocycles. The summed E-state index contributed by atoms with van der Waals surface area (Å²) in [5.74, 6) is -2.30. The number of benzene rings is 2. The van der Waals surface area contributed by atoms with Gasteiger partial charge in [0.25, 0.3) is 5.91 Å². The Morgan fingerprint density at radius 1 is 1.22 bits per heavy atom. The van der Waals surface area contributed by atoms with Gasteiger partial charge in [-0.1, -0.05) is 41.2 Å². The second-order valence-electron chi connectivity index (χ2n) is 5.90. The van der Waals surface area contributed by atoms with E-state index in [1.54, 1.807) is 24.3 Å². The average Bonchev–Trinajstić information content (AvgIpc) is 3.08. The normalized spacial score (nSPS) is 13.3. The van der Waals surface area contributed by atoms with Gasteiger partial charge in [-0.3, -0.25) is 4.79 Å². The molecule has 1 aliphatic heterocycles. The molecular formula is C21H16BrF2NO2. The minimum absolute atomic E-state index is 0.396. The number of halogens is 3. The zero-order valence-corrected chi connectivity index (χ0v) is 15.9. The van der Waals surface area contributed by atoms with E-state index in [0.29, 0.717) is 12.3 Å². The van der Waals surface area contributed by atoms with Crippen LogP contribution in [0.15, 0.2) is 77.3 Å². The van der Waals surface area contributed by atoms with Crippen LogP contribution in [0.25, 0.3) is 11.1 Å². The minimum Gasteiger partial charge on any atom is -0.493 e. The summed E-state index contributed by atoms with van der Waals surface area (Å²) in [5.41, 5.74) is 2.63. The number of fused-ring (bicyclic) bond motifs is 1. The number of carbonyl (C=O) groups is 1. The van der Waals surface area contributed by atoms with Crippen LogP contribution in [-0.4, -0.2) is 12.5 Å². The average molecular weight is 432 g/mol. The Labute approximate surface area is 164 Å². The Balaban J connectivity index is 1.83. The topological polar surface area (TPSA) is 38.3 Å². The lowest BCUT2D eigenvalue weighted by Gasteiger charge is -2.10. The van der Waals surface area contributed by atoms with E-state index >= 15 is 0 Å². The first-order valence-electron chi connectivity index (χ1n) is 8.14. The number of amides is 1. The van der Waals surface area contributed by atoms with E-state index in [1.165, 1.54) is 0 Å². The first-order valence-corrected chi connectivity index (χ1v) is 8.94. The van der Waals surface area contributed by atoms with Crippen LogP contribution in [0, 0.1) is 0 Å². The van der Waals surface area contributed by atoms with Crippen molar-refractivity contribution in [1.82, 2.24) is 0 Å². The SMILES string of the molecule is C=C/C(F)=C(\C(=C)F)C(=O)Nc1ccc(-c2cc3c(cc2Br)CCO3)cc1. The molecule has 3 nitrogen and oxygen atoms in total. The highest BCUT2D eigenvalue weighted by Crippen LogP contribution is 2.37. The molecule has 2 aromatic rings. The van der Waals surface area contributed by atoms with Crippen molar-refractivity contribution in [2.45, 2.75) is 6.42 Å². The summed E-state index contributed by atoms with van der Waals surface area (Å²) in [6.07, 6.45) is 1.65. The molecule has 27 heavy (non-hydrogen) atoms. The molecule has 0 aromatic heterocycles. The zero-order chi connectivity index (χ0) is 19.6. The Morgan fingerprint density at radius 2 is 1.93 bits per heavy atom. The van der Waals surface area contributed by atoms with Gasteiger partial charge in [-0.15, -0.1) is 0 Å². The number of carbonyl (C=O) groups excluding carboxylic acids is 1. The summed E-state index contributed by atoms with van der Waals surface area (Å²) in [6.45, 7) is 6.86. The van der Waals surface area contributed by atoms with Crippen LogP contribution in [0.3, 0.4) is 0 Å². The number of nitrogens with one attached hydrogen (secondary N) is 1. The molecule has 0 unspecified atom stereocenters. The van der Waals surface area contributed by atoms with E-state index in [1.807, 2.05) is 12.1 Å². The number of ether oxygens (including phenoxy) is 1. The molecule has 0 bridgehead atoms. The van der Waals surface area contributed by atoms with Gasteiger partial charge in [-0.05, 0) is 47.0 Å². The molecule has 1 amide bonds. The van der Waals surface area contributed by atoms with Crippen LogP contribution in [0.1, 0.15) is 5.56 Å². The molecule has 0 atom stereocenters. The number of hydrogen-bond acceptors (Lipinski definition) is 2. The van der Waals surface area contributed by atoms with Crippen molar-refractivity contribution in [3.63, 3.8) is 0 Å². The molecule has 138 valence electrons. The Morgan fingerprint density at radius 3 is 2.56 bits per heavy atom. The van der Waals surface area contributed by atoms with Gasteiger partial charge < -0.3 is 10.1 Å². The largest absolute Gasteiger partial charge is 0.493 e. The van der Waals surface area contributed by atoms with E-state index in [4.69, 9.17) is 4.74 Å². The van der Waals surface area contributed by atoms with E-state index in [-0.39, 0.29) is 0 Å². The Bertz CT molecular complexity index is 965. The van der Waals surface area contributed by atoms with Crippen LogP contribution >= 0.6 is 15.9 Å². The van der Waals surface area contributed by atoms with Crippen molar-refractivity contribution >= 4 is 27.5 Å². The third-order valence-corrected chi connectivity index (χ3v) is 4.81. The highest BCUT2D eigenvalue weighted by Gasteiger charge is 2.19. The molecule has 3 rings (SSSR count). The first-order chi connectivity index (χ1) is 12.9. The van der Waals surface area contributed by atoms with Gasteiger partial charge in [-0.25, -0.2) is 8.78 Å². The summed E-state index contributed by atoms with van der Waals surface area (Å²) in [7, 11) is 0. The van der Waals surface area contributed by atoms with E-state index < -0.39 is 23.1 Å². The molecule has 1 N–H and O–H groups in total. The molecule has 0 radical (unpaired) electrons. The van der Waals surface area contributed by atoms with Gasteiger partial charge in [-0.2, -0.15) is 0 Å². The molecule has 1 aliphatic rings. The van der Waals surface area contributed by atoms with E-state index in [9.17, 15) is 13.6 Å². The van der Waals surface area contributed by atoms with Crippen LogP contribution < -0.4 is 10.1 Å². The molecule has 0 fully saturated rings. The lowest BCUT2D eigenvalue weighted by Crippen LogP contribution is -2.15. The molecule has 6 heteroatoms. The minimum atomic E-state index is -1.16. The lowest BCUT2D eigenvalue weighted by molar-refractivity contribution is -0.112. The van der Waals surface area contributed by atoms with Gasteiger partial charge in [0.2, 0.25) is 0 Å². The predicted molar refractivity (Wildman–Crippen MR) is 106 cm³/mol. The third kappa shape index (κ3) is 4.01. The second-order valence-corrected chi connectivity index (χ2v) is 6.76. The van der Waals surface area contributed by atoms with Crippen molar-refractivity contribution in [3.8, 4) is 16.9 Å². The fourth-order valence-corrected chi connectivity index (χ4v) is 3.43. The third-order valence-electron chi connectivity index (χ3n) is 4.15. The summed E-state index contributed by atoms with van der Waals surface area (Å²) in [5, 5.41) is 2.45. The summed E-state index contributed by atoms with van der Waals surface area (Å²) in [4.78, 5) is 12.1. The van der Waals surface area contributed by atoms with Gasteiger partial charge in [0.05, 0.1) is 6.61 Å². The quantitative estimate of drug-likeness (QED) is 0.473. The van der Waals surface area contributed by atoms with Gasteiger partial charge >= 0.3 is 0 Å². The fourth-order valence-electron chi connectivity index (χ4n) is 2.81. The maximum Gasteiger partial charge on any atom is 0.261 e. The smallest absolute Gasteiger partial charge is 0.261 e. The van der Waals surface area contributed by atoms with Crippen LogP contribution in [0.4, 0.5) is 14.5 Å². The van der Waals surface area contributed by atoms with Gasteiger partial charge in [0, 0.05) is 16.6 Å². The van der Waals surface area contributed by atoms with Crippen molar-refractivity contribution in [2.24, 2.45) is 0 Å². The summed E-state index contributed by atoms with van der Waals surface area (Å²) < 4.78 is 33.5. The van der Waals surface area contributed by atoms with E-state index in [2.05, 4.69) is 34.4 Å².